The van der Waals surface area contributed by atoms with Crippen molar-refractivity contribution in [3.63, 3.8) is 0 Å². The molecule has 1 fully saturated rings. The lowest BCUT2D eigenvalue weighted by Crippen LogP contribution is -2.37. The van der Waals surface area contributed by atoms with Gasteiger partial charge in [-0.2, -0.15) is 0 Å². The van der Waals surface area contributed by atoms with Crippen LogP contribution in [-0.2, 0) is 16.0 Å². The fourth-order valence-electron chi connectivity index (χ4n) is 3.34. The number of hydrogen-bond acceptors (Lipinski definition) is 6. The molecule has 2 aromatic carbocycles. The Kier molecular flexibility index (Phi) is 7.20. The number of carbonyl (C=O) groups is 3. The summed E-state index contributed by atoms with van der Waals surface area (Å²) in [5.74, 6) is -0.127. The van der Waals surface area contributed by atoms with E-state index in [9.17, 15) is 18.8 Å². The van der Waals surface area contributed by atoms with Crippen LogP contribution in [-0.4, -0.2) is 48.3 Å². The number of fused-ring (bicyclic) bond motifs is 1. The van der Waals surface area contributed by atoms with Crippen LogP contribution in [0, 0.1) is 5.82 Å². The molecule has 1 N–H and O–H groups in total. The zero-order chi connectivity index (χ0) is 23.4. The molecule has 4 rings (SSSR count). The Bertz CT molecular complexity index is 1120. The van der Waals surface area contributed by atoms with Gasteiger partial charge in [-0.25, -0.2) is 4.39 Å². The Labute approximate surface area is 198 Å². The second-order valence-electron chi connectivity index (χ2n) is 7.37. The minimum atomic E-state index is -0.446. The molecule has 1 saturated heterocycles. The Morgan fingerprint density at radius 3 is 2.73 bits per heavy atom. The van der Waals surface area contributed by atoms with Crippen molar-refractivity contribution in [2.75, 3.05) is 26.3 Å². The van der Waals surface area contributed by atoms with Crippen molar-refractivity contribution in [3.8, 4) is 11.5 Å². The summed E-state index contributed by atoms with van der Waals surface area (Å²) in [6, 6.07) is 8.99. The summed E-state index contributed by atoms with van der Waals surface area (Å²) < 4.78 is 24.3. The van der Waals surface area contributed by atoms with E-state index in [4.69, 9.17) is 21.1 Å². The van der Waals surface area contributed by atoms with Crippen LogP contribution < -0.4 is 14.8 Å². The summed E-state index contributed by atoms with van der Waals surface area (Å²) in [6.45, 7) is 1.17. The summed E-state index contributed by atoms with van der Waals surface area (Å²) in [5, 5.41) is 2.67. The number of carbonyl (C=O) groups excluding carboxylic acids is 3. The van der Waals surface area contributed by atoms with E-state index in [1.165, 1.54) is 30.3 Å². The molecule has 0 bridgehead atoms. The van der Waals surface area contributed by atoms with Crippen LogP contribution in [0.4, 0.5) is 9.18 Å². The smallest absolute Gasteiger partial charge is 0.293 e. The third kappa shape index (κ3) is 5.66. The summed E-state index contributed by atoms with van der Waals surface area (Å²) in [7, 11) is 0. The van der Waals surface area contributed by atoms with Gasteiger partial charge in [0, 0.05) is 19.5 Å². The van der Waals surface area contributed by atoms with Crippen molar-refractivity contribution in [2.45, 2.75) is 12.8 Å². The monoisotopic (exact) mass is 490 g/mol. The molecule has 0 unspecified atom stereocenters. The minimum Gasteiger partial charge on any atom is -0.489 e. The van der Waals surface area contributed by atoms with Gasteiger partial charge in [0.1, 0.15) is 5.82 Å². The highest BCUT2D eigenvalue weighted by Gasteiger charge is 2.34. The standard InChI is InChI=1S/C23H20ClFN2O5S/c24-17-10-15(11-18-21(17)32-9-1-8-31-18)13-20(28)26-6-7-27-22(29)19(33-23(27)30)12-14-2-4-16(25)5-3-14/h2-5,10-12H,1,6-9,13H2,(H,26,28)/b19-12-. The van der Waals surface area contributed by atoms with Crippen molar-refractivity contribution in [1.82, 2.24) is 10.2 Å². The lowest BCUT2D eigenvalue weighted by molar-refractivity contribution is -0.124. The number of imide groups is 1. The van der Waals surface area contributed by atoms with Gasteiger partial charge in [-0.05, 0) is 53.2 Å². The zero-order valence-corrected chi connectivity index (χ0v) is 19.0. The third-order valence-electron chi connectivity index (χ3n) is 4.93. The van der Waals surface area contributed by atoms with Crippen LogP contribution in [0.5, 0.6) is 11.5 Å². The maximum absolute atomic E-state index is 13.0. The average Bonchev–Trinajstić information content (AvgIpc) is 2.94. The summed E-state index contributed by atoms with van der Waals surface area (Å²) >= 11 is 7.07. The summed E-state index contributed by atoms with van der Waals surface area (Å²) in [5.41, 5.74) is 1.28. The number of amides is 3. The van der Waals surface area contributed by atoms with E-state index in [-0.39, 0.29) is 36.1 Å². The van der Waals surface area contributed by atoms with Crippen molar-refractivity contribution < 1.29 is 28.2 Å². The predicted molar refractivity (Wildman–Crippen MR) is 123 cm³/mol. The molecule has 172 valence electrons. The van der Waals surface area contributed by atoms with Crippen molar-refractivity contribution in [3.05, 3.63) is 63.3 Å². The van der Waals surface area contributed by atoms with Gasteiger partial charge in [0.25, 0.3) is 11.1 Å². The number of nitrogens with one attached hydrogen (secondary N) is 1. The van der Waals surface area contributed by atoms with E-state index in [0.717, 1.165) is 23.1 Å². The Morgan fingerprint density at radius 2 is 1.94 bits per heavy atom. The lowest BCUT2D eigenvalue weighted by Gasteiger charge is -2.14. The van der Waals surface area contributed by atoms with Crippen LogP contribution in [0.25, 0.3) is 6.08 Å². The fourth-order valence-corrected chi connectivity index (χ4v) is 4.50. The third-order valence-corrected chi connectivity index (χ3v) is 6.11. The van der Waals surface area contributed by atoms with Gasteiger partial charge in [0.05, 0.1) is 29.6 Å². The predicted octanol–water partition coefficient (Wildman–Crippen LogP) is 4.04. The second kappa shape index (κ2) is 10.3. The van der Waals surface area contributed by atoms with Crippen molar-refractivity contribution >= 4 is 46.5 Å². The van der Waals surface area contributed by atoms with Crippen molar-refractivity contribution in [1.29, 1.82) is 0 Å². The van der Waals surface area contributed by atoms with E-state index in [1.807, 2.05) is 0 Å². The van der Waals surface area contributed by atoms with Crippen LogP contribution in [0.3, 0.4) is 0 Å². The highest BCUT2D eigenvalue weighted by atomic mass is 35.5. The number of ether oxygens (including phenoxy) is 2. The summed E-state index contributed by atoms with van der Waals surface area (Å²) in [4.78, 5) is 38.5. The molecule has 10 heteroatoms. The van der Waals surface area contributed by atoms with Crippen LogP contribution in [0.15, 0.2) is 41.3 Å². The van der Waals surface area contributed by atoms with Gasteiger partial charge < -0.3 is 14.8 Å². The first-order valence-electron chi connectivity index (χ1n) is 10.3. The van der Waals surface area contributed by atoms with Crippen molar-refractivity contribution in [2.24, 2.45) is 0 Å². The Balaban J connectivity index is 1.31. The number of nitrogens with zero attached hydrogens (tertiary/aromatic N) is 1. The first-order chi connectivity index (χ1) is 15.9. The van der Waals surface area contributed by atoms with E-state index in [0.29, 0.717) is 40.9 Å². The Morgan fingerprint density at radius 1 is 1.18 bits per heavy atom. The quantitative estimate of drug-likeness (QED) is 0.615. The number of benzene rings is 2. The minimum absolute atomic E-state index is 0.0407. The molecular weight excluding hydrogens is 471 g/mol. The maximum Gasteiger partial charge on any atom is 0.293 e. The highest BCUT2D eigenvalue weighted by Crippen LogP contribution is 2.38. The van der Waals surface area contributed by atoms with Gasteiger partial charge in [-0.1, -0.05) is 23.7 Å². The molecule has 2 heterocycles. The van der Waals surface area contributed by atoms with Crippen LogP contribution in [0.2, 0.25) is 5.02 Å². The fraction of sp³-hybridized carbons (Fsp3) is 0.261. The molecule has 0 radical (unpaired) electrons. The molecule has 0 atom stereocenters. The number of rotatable bonds is 6. The average molecular weight is 491 g/mol. The summed E-state index contributed by atoms with van der Waals surface area (Å²) in [6.07, 6.45) is 2.34. The van der Waals surface area contributed by atoms with Crippen LogP contribution in [0.1, 0.15) is 17.5 Å². The van der Waals surface area contributed by atoms with E-state index in [2.05, 4.69) is 5.32 Å². The molecule has 3 amide bonds. The molecular formula is C23H20ClFN2O5S. The first kappa shape index (κ1) is 23.1. The van der Waals surface area contributed by atoms with Gasteiger partial charge in [0.2, 0.25) is 5.91 Å². The number of hydrogen-bond donors (Lipinski definition) is 1. The second-order valence-corrected chi connectivity index (χ2v) is 8.77. The molecule has 2 aliphatic rings. The SMILES string of the molecule is O=C(Cc1cc(Cl)c2c(c1)OCCCO2)NCCN1C(=O)S/C(=C\c2ccc(F)cc2)C1=O. The number of thioether (sulfide) groups is 1. The molecule has 7 nitrogen and oxygen atoms in total. The largest absolute Gasteiger partial charge is 0.489 e. The molecule has 33 heavy (non-hydrogen) atoms. The topological polar surface area (TPSA) is 84.9 Å². The normalized spacial score (nSPS) is 16.8. The molecule has 0 aliphatic carbocycles. The molecule has 0 aromatic heterocycles. The highest BCUT2D eigenvalue weighted by molar-refractivity contribution is 8.18. The molecule has 2 aliphatic heterocycles. The zero-order valence-electron chi connectivity index (χ0n) is 17.4. The Hall–Kier alpha value is -3.04. The molecule has 0 saturated carbocycles. The lowest BCUT2D eigenvalue weighted by atomic mass is 10.1. The van der Waals surface area contributed by atoms with Gasteiger partial charge in [-0.15, -0.1) is 0 Å². The van der Waals surface area contributed by atoms with E-state index < -0.39 is 11.1 Å². The van der Waals surface area contributed by atoms with Gasteiger partial charge in [-0.3, -0.25) is 19.3 Å². The number of halogens is 2. The van der Waals surface area contributed by atoms with Crippen LogP contribution >= 0.6 is 23.4 Å². The molecule has 0 spiro atoms. The van der Waals surface area contributed by atoms with E-state index >= 15 is 0 Å². The van der Waals surface area contributed by atoms with E-state index in [1.54, 1.807) is 12.1 Å². The van der Waals surface area contributed by atoms with Gasteiger partial charge >= 0.3 is 0 Å². The van der Waals surface area contributed by atoms with Gasteiger partial charge in [0.15, 0.2) is 11.5 Å². The maximum atomic E-state index is 13.0. The first-order valence-corrected chi connectivity index (χ1v) is 11.5. The molecule has 2 aromatic rings.